The quantitative estimate of drug-likeness (QED) is 0.413. The highest BCUT2D eigenvalue weighted by Gasteiger charge is 2.05. The Morgan fingerprint density at radius 2 is 1.71 bits per heavy atom. The molecule has 0 atom stereocenters. The Morgan fingerprint density at radius 3 is 2.52 bits per heavy atom. The molecule has 3 aromatic rings. The lowest BCUT2D eigenvalue weighted by Gasteiger charge is -2.08. The Hall–Kier alpha value is -3.38. The van der Waals surface area contributed by atoms with Crippen LogP contribution in [0.2, 0.25) is 0 Å². The van der Waals surface area contributed by atoms with E-state index in [2.05, 4.69) is 10.6 Å². The van der Waals surface area contributed by atoms with Gasteiger partial charge in [-0.25, -0.2) is 0 Å². The Bertz CT molecular complexity index is 939. The fourth-order valence-electron chi connectivity index (χ4n) is 3.13. The van der Waals surface area contributed by atoms with Crippen molar-refractivity contribution in [3.63, 3.8) is 0 Å². The van der Waals surface area contributed by atoms with Crippen LogP contribution in [0.15, 0.2) is 77.6 Å². The van der Waals surface area contributed by atoms with E-state index in [-0.39, 0.29) is 18.4 Å². The van der Waals surface area contributed by atoms with Crippen LogP contribution in [0.1, 0.15) is 31.2 Å². The Morgan fingerprint density at radius 1 is 0.871 bits per heavy atom. The van der Waals surface area contributed by atoms with Crippen LogP contribution >= 0.6 is 0 Å². The number of ether oxygens (including phenoxy) is 1. The molecule has 2 N–H and O–H groups in total. The highest BCUT2D eigenvalue weighted by atomic mass is 16.5. The van der Waals surface area contributed by atoms with Crippen LogP contribution in [0.3, 0.4) is 0 Å². The summed E-state index contributed by atoms with van der Waals surface area (Å²) in [5.41, 5.74) is 3.89. The molecule has 162 valence electrons. The van der Waals surface area contributed by atoms with Gasteiger partial charge in [0.25, 0.3) is 0 Å². The highest BCUT2D eigenvalue weighted by Crippen LogP contribution is 2.22. The first kappa shape index (κ1) is 22.3. The molecule has 0 saturated carbocycles. The zero-order valence-corrected chi connectivity index (χ0v) is 17.5. The number of rotatable bonds is 12. The fraction of sp³-hybridized carbons (Fsp3) is 0.280. The normalized spacial score (nSPS) is 10.6. The maximum absolute atomic E-state index is 12.2. The van der Waals surface area contributed by atoms with Gasteiger partial charge >= 0.3 is 0 Å². The van der Waals surface area contributed by atoms with Crippen molar-refractivity contribution in [2.24, 2.45) is 0 Å². The maximum Gasteiger partial charge on any atom is 0.246 e. The number of furan rings is 1. The van der Waals surface area contributed by atoms with Gasteiger partial charge in [0.1, 0.15) is 6.61 Å². The van der Waals surface area contributed by atoms with E-state index >= 15 is 0 Å². The summed E-state index contributed by atoms with van der Waals surface area (Å²) in [5.74, 6) is -0.138. The monoisotopic (exact) mass is 420 g/mol. The maximum atomic E-state index is 12.2. The molecule has 0 spiro atoms. The van der Waals surface area contributed by atoms with E-state index in [1.807, 2.05) is 54.6 Å². The van der Waals surface area contributed by atoms with E-state index in [9.17, 15) is 9.59 Å². The summed E-state index contributed by atoms with van der Waals surface area (Å²) in [7, 11) is 0. The number of amides is 2. The molecular weight excluding hydrogens is 392 g/mol. The van der Waals surface area contributed by atoms with Gasteiger partial charge in [-0.05, 0) is 42.2 Å². The van der Waals surface area contributed by atoms with Crippen molar-refractivity contribution >= 4 is 17.5 Å². The first-order chi connectivity index (χ1) is 15.2. The van der Waals surface area contributed by atoms with Crippen LogP contribution in [-0.4, -0.2) is 25.0 Å². The topological polar surface area (TPSA) is 80.6 Å². The van der Waals surface area contributed by atoms with E-state index in [1.54, 1.807) is 18.6 Å². The number of benzene rings is 2. The molecule has 31 heavy (non-hydrogen) atoms. The lowest BCUT2D eigenvalue weighted by atomic mass is 10.1. The molecule has 1 heterocycles. The second kappa shape index (κ2) is 12.3. The second-order valence-corrected chi connectivity index (χ2v) is 7.28. The van der Waals surface area contributed by atoms with Gasteiger partial charge in [-0.2, -0.15) is 0 Å². The van der Waals surface area contributed by atoms with Gasteiger partial charge in [-0.15, -0.1) is 0 Å². The molecule has 0 bridgehead atoms. The lowest BCUT2D eigenvalue weighted by molar-refractivity contribution is -0.126. The number of carbonyl (C=O) groups is 2. The fourth-order valence-corrected chi connectivity index (χ4v) is 3.13. The zero-order chi connectivity index (χ0) is 21.7. The van der Waals surface area contributed by atoms with E-state index in [0.29, 0.717) is 19.6 Å². The van der Waals surface area contributed by atoms with Crippen molar-refractivity contribution in [3.05, 3.63) is 78.8 Å². The van der Waals surface area contributed by atoms with E-state index in [1.165, 1.54) is 0 Å². The molecule has 0 aliphatic rings. The average Bonchev–Trinajstić information content (AvgIpc) is 3.30. The first-order valence-electron chi connectivity index (χ1n) is 10.5. The van der Waals surface area contributed by atoms with Crippen LogP contribution in [0.5, 0.6) is 0 Å². The number of unbranched alkanes of at least 4 members (excludes halogenated alkanes) is 2. The van der Waals surface area contributed by atoms with Crippen molar-refractivity contribution in [2.45, 2.75) is 32.3 Å². The third kappa shape index (κ3) is 8.10. The van der Waals surface area contributed by atoms with Crippen LogP contribution in [-0.2, 0) is 20.9 Å². The molecule has 2 aromatic carbocycles. The highest BCUT2D eigenvalue weighted by molar-refractivity contribution is 5.91. The molecule has 6 heteroatoms. The molecule has 3 rings (SSSR count). The third-order valence-corrected chi connectivity index (χ3v) is 4.74. The van der Waals surface area contributed by atoms with E-state index in [4.69, 9.17) is 9.15 Å². The summed E-state index contributed by atoms with van der Waals surface area (Å²) in [6, 6.07) is 19.7. The number of carbonyl (C=O) groups excluding carboxylic acids is 2. The van der Waals surface area contributed by atoms with Crippen LogP contribution in [0.25, 0.3) is 11.1 Å². The lowest BCUT2D eigenvalue weighted by Crippen LogP contribution is -2.28. The van der Waals surface area contributed by atoms with Gasteiger partial charge in [0.15, 0.2) is 0 Å². The molecule has 0 fully saturated rings. The Kier molecular flexibility index (Phi) is 8.88. The molecule has 6 nitrogen and oxygen atoms in total. The smallest absolute Gasteiger partial charge is 0.246 e. The molecule has 0 aliphatic heterocycles. The molecule has 1 aromatic heterocycles. The van der Waals surface area contributed by atoms with Crippen molar-refractivity contribution in [1.82, 2.24) is 5.32 Å². The summed E-state index contributed by atoms with van der Waals surface area (Å²) in [4.78, 5) is 23.9. The van der Waals surface area contributed by atoms with Gasteiger partial charge in [0.05, 0.1) is 19.1 Å². The van der Waals surface area contributed by atoms with Crippen LogP contribution in [0.4, 0.5) is 5.69 Å². The van der Waals surface area contributed by atoms with Gasteiger partial charge in [0, 0.05) is 24.2 Å². The third-order valence-electron chi connectivity index (χ3n) is 4.74. The number of hydrogen-bond donors (Lipinski definition) is 2. The van der Waals surface area contributed by atoms with Gasteiger partial charge in [-0.3, -0.25) is 9.59 Å². The summed E-state index contributed by atoms with van der Waals surface area (Å²) in [5, 5.41) is 5.79. The van der Waals surface area contributed by atoms with Crippen LogP contribution < -0.4 is 10.6 Å². The number of nitrogens with one attached hydrogen (secondary N) is 2. The van der Waals surface area contributed by atoms with E-state index in [0.717, 1.165) is 41.6 Å². The molecule has 0 radical (unpaired) electrons. The van der Waals surface area contributed by atoms with Gasteiger partial charge < -0.3 is 19.8 Å². The minimum absolute atomic E-state index is 0.00175. The van der Waals surface area contributed by atoms with Crippen molar-refractivity contribution in [1.29, 1.82) is 0 Å². The standard InChI is InChI=1S/C25H28N2O4/c28-24(27-23-11-7-10-22(16-23)21-8-3-1-4-9-21)12-5-2-6-14-26-25(29)19-31-18-20-13-15-30-17-20/h1,3-4,7-11,13,15-17H,2,5-6,12,14,18-19H2,(H,26,29)(H,27,28). The largest absolute Gasteiger partial charge is 0.472 e. The van der Waals surface area contributed by atoms with Crippen LogP contribution in [0, 0.1) is 0 Å². The second-order valence-electron chi connectivity index (χ2n) is 7.28. The summed E-state index contributed by atoms with van der Waals surface area (Å²) < 4.78 is 10.3. The summed E-state index contributed by atoms with van der Waals surface area (Å²) >= 11 is 0. The van der Waals surface area contributed by atoms with Crippen molar-refractivity contribution in [3.8, 4) is 11.1 Å². The SMILES string of the molecule is O=C(COCc1ccoc1)NCCCCCC(=O)Nc1cccc(-c2ccccc2)c1. The predicted molar refractivity (Wildman–Crippen MR) is 120 cm³/mol. The van der Waals surface area contributed by atoms with Gasteiger partial charge in [0.2, 0.25) is 11.8 Å². The van der Waals surface area contributed by atoms with Crippen molar-refractivity contribution < 1.29 is 18.7 Å². The Balaban J connectivity index is 1.26. The molecule has 2 amide bonds. The first-order valence-corrected chi connectivity index (χ1v) is 10.5. The van der Waals surface area contributed by atoms with Gasteiger partial charge in [-0.1, -0.05) is 48.9 Å². The minimum atomic E-state index is -0.139. The number of hydrogen-bond acceptors (Lipinski definition) is 4. The molecule has 0 aliphatic carbocycles. The molecule has 0 unspecified atom stereocenters. The molecular formula is C25H28N2O4. The number of anilines is 1. The Labute approximate surface area is 182 Å². The van der Waals surface area contributed by atoms with Crippen molar-refractivity contribution in [2.75, 3.05) is 18.5 Å². The predicted octanol–water partition coefficient (Wildman–Crippen LogP) is 4.78. The molecule has 0 saturated heterocycles. The van der Waals surface area contributed by atoms with E-state index < -0.39 is 0 Å². The average molecular weight is 421 g/mol. The summed E-state index contributed by atoms with van der Waals surface area (Å²) in [6.45, 7) is 0.956. The zero-order valence-electron chi connectivity index (χ0n) is 17.5. The minimum Gasteiger partial charge on any atom is -0.472 e. The summed E-state index contributed by atoms with van der Waals surface area (Å²) in [6.07, 6.45) is 6.08.